The molecule has 3 aliphatic rings. The second kappa shape index (κ2) is 13.4. The van der Waals surface area contributed by atoms with Crippen LogP contribution in [0.4, 0.5) is 0 Å². The molecule has 176 valence electrons. The van der Waals surface area contributed by atoms with Crippen LogP contribution >= 0.6 is 24.0 Å². The number of aliphatic imine (C=N–C) groups is 1. The summed E-state index contributed by atoms with van der Waals surface area (Å²) >= 11 is 0. The monoisotopic (exact) mass is 536 g/mol. The topological polar surface area (TPSA) is 49.3 Å². The lowest BCUT2D eigenvalue weighted by Crippen LogP contribution is -2.51. The summed E-state index contributed by atoms with van der Waals surface area (Å²) in [5, 5.41) is 3.52. The molecule has 3 fully saturated rings. The normalized spacial score (nSPS) is 25.1. The van der Waals surface area contributed by atoms with Crippen molar-refractivity contribution in [3.05, 3.63) is 0 Å². The van der Waals surface area contributed by atoms with Crippen molar-refractivity contribution < 1.29 is 9.47 Å². The molecule has 0 aromatic rings. The van der Waals surface area contributed by atoms with Crippen molar-refractivity contribution in [2.75, 3.05) is 52.5 Å². The fourth-order valence-corrected chi connectivity index (χ4v) is 4.71. The Morgan fingerprint density at radius 2 is 1.77 bits per heavy atom. The number of likely N-dealkylation sites (tertiary alicyclic amines) is 2. The highest BCUT2D eigenvalue weighted by molar-refractivity contribution is 14.0. The lowest BCUT2D eigenvalue weighted by molar-refractivity contribution is -0.0721. The SMILES string of the molecule is CCNC(=NCC(C)(C)N1CCCCC1)N1CCC(OCC2CCCCO2)CC1.I. The summed E-state index contributed by atoms with van der Waals surface area (Å²) in [5.41, 5.74) is 0.128. The predicted octanol–water partition coefficient (Wildman–Crippen LogP) is 3.88. The molecule has 0 spiro atoms. The molecule has 0 amide bonds. The van der Waals surface area contributed by atoms with E-state index < -0.39 is 0 Å². The van der Waals surface area contributed by atoms with Crippen LogP contribution in [0.15, 0.2) is 4.99 Å². The van der Waals surface area contributed by atoms with Crippen molar-refractivity contribution >= 4 is 29.9 Å². The van der Waals surface area contributed by atoms with Crippen molar-refractivity contribution in [3.8, 4) is 0 Å². The second-order valence-electron chi connectivity index (χ2n) is 9.54. The zero-order chi connectivity index (χ0) is 20.5. The van der Waals surface area contributed by atoms with Gasteiger partial charge in [0, 0.05) is 31.8 Å². The van der Waals surface area contributed by atoms with E-state index in [4.69, 9.17) is 14.5 Å². The Kier molecular flexibility index (Phi) is 11.7. The van der Waals surface area contributed by atoms with Crippen LogP contribution in [0.1, 0.15) is 72.1 Å². The van der Waals surface area contributed by atoms with E-state index in [9.17, 15) is 0 Å². The fraction of sp³-hybridized carbons (Fsp3) is 0.957. The molecule has 3 saturated heterocycles. The molecule has 1 unspecified atom stereocenters. The first-order chi connectivity index (χ1) is 14.1. The molecule has 6 nitrogen and oxygen atoms in total. The average molecular weight is 537 g/mol. The third kappa shape index (κ3) is 8.10. The number of piperidine rings is 2. The number of hydrogen-bond acceptors (Lipinski definition) is 4. The van der Waals surface area contributed by atoms with Gasteiger partial charge in [-0.25, -0.2) is 0 Å². The zero-order valence-electron chi connectivity index (χ0n) is 19.5. The maximum absolute atomic E-state index is 6.19. The summed E-state index contributed by atoms with van der Waals surface area (Å²) in [6.07, 6.45) is 10.5. The molecule has 3 aliphatic heterocycles. The van der Waals surface area contributed by atoms with Gasteiger partial charge in [0.2, 0.25) is 0 Å². The molecule has 1 N–H and O–H groups in total. The first kappa shape index (κ1) is 26.1. The van der Waals surface area contributed by atoms with Crippen molar-refractivity contribution in [2.45, 2.75) is 89.9 Å². The van der Waals surface area contributed by atoms with Crippen LogP contribution in [0.25, 0.3) is 0 Å². The molecule has 0 aliphatic carbocycles. The van der Waals surface area contributed by atoms with E-state index in [-0.39, 0.29) is 29.5 Å². The molecular weight excluding hydrogens is 491 g/mol. The van der Waals surface area contributed by atoms with Gasteiger partial charge in [0.1, 0.15) is 0 Å². The lowest BCUT2D eigenvalue weighted by Gasteiger charge is -2.40. The molecule has 30 heavy (non-hydrogen) atoms. The van der Waals surface area contributed by atoms with Crippen LogP contribution in [-0.4, -0.2) is 86.0 Å². The third-order valence-electron chi connectivity index (χ3n) is 6.70. The number of ether oxygens (including phenoxy) is 2. The van der Waals surface area contributed by atoms with Gasteiger partial charge < -0.3 is 19.7 Å². The highest BCUT2D eigenvalue weighted by Crippen LogP contribution is 2.22. The molecule has 0 aromatic heterocycles. The van der Waals surface area contributed by atoms with Crippen molar-refractivity contribution in [1.82, 2.24) is 15.1 Å². The number of nitrogens with zero attached hydrogens (tertiary/aromatic N) is 3. The van der Waals surface area contributed by atoms with E-state index in [2.05, 4.69) is 35.9 Å². The van der Waals surface area contributed by atoms with Gasteiger partial charge in [-0.1, -0.05) is 6.42 Å². The Balaban J connectivity index is 0.00000320. The quantitative estimate of drug-likeness (QED) is 0.304. The summed E-state index contributed by atoms with van der Waals surface area (Å²) in [7, 11) is 0. The Labute approximate surface area is 201 Å². The van der Waals surface area contributed by atoms with Gasteiger partial charge >= 0.3 is 0 Å². The Hall–Kier alpha value is -0.120. The standard InChI is InChI=1S/C23H44N4O2.HI/c1-4-24-22(25-19-23(2,3)27-13-7-5-8-14-27)26-15-11-20(12-16-26)29-18-21-10-6-9-17-28-21;/h20-21H,4-19H2,1-3H3,(H,24,25);1H. The summed E-state index contributed by atoms with van der Waals surface area (Å²) in [4.78, 5) is 10.1. The van der Waals surface area contributed by atoms with Crippen LogP contribution < -0.4 is 5.32 Å². The summed E-state index contributed by atoms with van der Waals surface area (Å²) in [6, 6.07) is 0. The van der Waals surface area contributed by atoms with Crippen molar-refractivity contribution in [1.29, 1.82) is 0 Å². The smallest absolute Gasteiger partial charge is 0.193 e. The first-order valence-electron chi connectivity index (χ1n) is 12.1. The summed E-state index contributed by atoms with van der Waals surface area (Å²) < 4.78 is 12.0. The Morgan fingerprint density at radius 3 is 2.40 bits per heavy atom. The molecule has 3 heterocycles. The van der Waals surface area contributed by atoms with Gasteiger partial charge in [0.25, 0.3) is 0 Å². The molecule has 0 aromatic carbocycles. The number of guanidine groups is 1. The minimum atomic E-state index is 0. The van der Waals surface area contributed by atoms with Gasteiger partial charge in [-0.05, 0) is 78.8 Å². The first-order valence-corrected chi connectivity index (χ1v) is 12.1. The van der Waals surface area contributed by atoms with Crippen LogP contribution in [0, 0.1) is 0 Å². The number of halogens is 1. The molecule has 0 radical (unpaired) electrons. The third-order valence-corrected chi connectivity index (χ3v) is 6.70. The van der Waals surface area contributed by atoms with Gasteiger partial charge in [-0.3, -0.25) is 9.89 Å². The molecule has 0 bridgehead atoms. The minimum Gasteiger partial charge on any atom is -0.376 e. The largest absolute Gasteiger partial charge is 0.376 e. The highest BCUT2D eigenvalue weighted by Gasteiger charge is 2.29. The Bertz CT molecular complexity index is 497. The minimum absolute atomic E-state index is 0. The number of rotatable bonds is 7. The van der Waals surface area contributed by atoms with E-state index in [1.54, 1.807) is 0 Å². The zero-order valence-corrected chi connectivity index (χ0v) is 21.9. The van der Waals surface area contributed by atoms with Gasteiger partial charge in [-0.15, -0.1) is 24.0 Å². The number of hydrogen-bond donors (Lipinski definition) is 1. The van der Waals surface area contributed by atoms with Crippen molar-refractivity contribution in [2.24, 2.45) is 4.99 Å². The molecular formula is C23H45IN4O2. The van der Waals surface area contributed by atoms with E-state index in [0.717, 1.165) is 64.6 Å². The molecule has 7 heteroatoms. The molecule has 0 saturated carbocycles. The van der Waals surface area contributed by atoms with Gasteiger partial charge in [0.15, 0.2) is 5.96 Å². The number of nitrogens with one attached hydrogen (secondary N) is 1. The summed E-state index contributed by atoms with van der Waals surface area (Å²) in [6.45, 7) is 14.8. The second-order valence-corrected chi connectivity index (χ2v) is 9.54. The average Bonchev–Trinajstić information content (AvgIpc) is 2.77. The van der Waals surface area contributed by atoms with E-state index in [1.165, 1.54) is 45.2 Å². The maximum atomic E-state index is 6.19. The van der Waals surface area contributed by atoms with Gasteiger partial charge in [0.05, 0.1) is 25.4 Å². The highest BCUT2D eigenvalue weighted by atomic mass is 127. The van der Waals surface area contributed by atoms with Crippen LogP contribution in [0.2, 0.25) is 0 Å². The van der Waals surface area contributed by atoms with Crippen LogP contribution in [0.5, 0.6) is 0 Å². The van der Waals surface area contributed by atoms with E-state index >= 15 is 0 Å². The van der Waals surface area contributed by atoms with E-state index in [1.807, 2.05) is 0 Å². The predicted molar refractivity (Wildman–Crippen MR) is 135 cm³/mol. The van der Waals surface area contributed by atoms with Crippen LogP contribution in [-0.2, 0) is 9.47 Å². The Morgan fingerprint density at radius 1 is 1.03 bits per heavy atom. The lowest BCUT2D eigenvalue weighted by atomic mass is 9.99. The molecule has 1 atom stereocenters. The van der Waals surface area contributed by atoms with E-state index in [0.29, 0.717) is 12.2 Å². The molecule has 3 rings (SSSR count). The van der Waals surface area contributed by atoms with Crippen molar-refractivity contribution in [3.63, 3.8) is 0 Å². The fourth-order valence-electron chi connectivity index (χ4n) is 4.71. The maximum Gasteiger partial charge on any atom is 0.193 e. The summed E-state index contributed by atoms with van der Waals surface area (Å²) in [5.74, 6) is 1.08. The van der Waals surface area contributed by atoms with Gasteiger partial charge in [-0.2, -0.15) is 0 Å². The van der Waals surface area contributed by atoms with Crippen LogP contribution in [0.3, 0.4) is 0 Å².